The molecule has 0 spiro atoms. The van der Waals surface area contributed by atoms with Crippen molar-refractivity contribution in [1.82, 2.24) is 0 Å². The number of nitrogens with two attached hydrogens (primary N) is 1. The molecule has 0 aliphatic rings. The van der Waals surface area contributed by atoms with Gasteiger partial charge in [0.15, 0.2) is 0 Å². The van der Waals surface area contributed by atoms with Crippen LogP contribution in [0.3, 0.4) is 0 Å². The van der Waals surface area contributed by atoms with Gasteiger partial charge in [-0.25, -0.2) is 4.79 Å². The van der Waals surface area contributed by atoms with Crippen molar-refractivity contribution in [2.75, 3.05) is 6.54 Å². The Hall–Kier alpha value is -1.43. The van der Waals surface area contributed by atoms with Crippen LogP contribution in [0.1, 0.15) is 22.0 Å². The van der Waals surface area contributed by atoms with Gasteiger partial charge in [0.05, 0.1) is 11.7 Å². The van der Waals surface area contributed by atoms with Gasteiger partial charge in [0.1, 0.15) is 6.10 Å². The summed E-state index contributed by atoms with van der Waals surface area (Å²) in [4.78, 5) is 10.6. The van der Waals surface area contributed by atoms with Gasteiger partial charge in [0.2, 0.25) is 0 Å². The zero-order chi connectivity index (χ0) is 11.4. The third-order valence-electron chi connectivity index (χ3n) is 2.08. The summed E-state index contributed by atoms with van der Waals surface area (Å²) < 4.78 is 0. The third-order valence-corrected chi connectivity index (χ3v) is 2.08. The first kappa shape index (κ1) is 11.6. The van der Waals surface area contributed by atoms with Gasteiger partial charge < -0.3 is 21.1 Å². The topological polar surface area (TPSA) is 104 Å². The van der Waals surface area contributed by atoms with Crippen LogP contribution in [0.2, 0.25) is 0 Å². The SMILES string of the molecule is NCC(O)C(O)c1cccc(C(=O)O)c1. The standard InChI is InChI=1S/C10H13NO4/c11-5-8(12)9(13)6-2-1-3-7(4-6)10(14)15/h1-4,8-9,12-13H,5,11H2,(H,14,15). The summed E-state index contributed by atoms with van der Waals surface area (Å²) in [6.07, 6.45) is -2.25. The number of aromatic carboxylic acids is 1. The van der Waals surface area contributed by atoms with Crippen LogP contribution < -0.4 is 5.73 Å². The molecule has 5 N–H and O–H groups in total. The van der Waals surface area contributed by atoms with Gasteiger partial charge in [0, 0.05) is 6.54 Å². The number of aliphatic hydroxyl groups excluding tert-OH is 2. The third kappa shape index (κ3) is 2.76. The Balaban J connectivity index is 2.94. The number of carboxylic acids is 1. The predicted octanol–water partition coefficient (Wildman–Crippen LogP) is -0.262. The zero-order valence-corrected chi connectivity index (χ0v) is 8.00. The Bertz CT molecular complexity index is 353. The highest BCUT2D eigenvalue weighted by atomic mass is 16.4. The van der Waals surface area contributed by atoms with E-state index in [4.69, 9.17) is 10.8 Å². The van der Waals surface area contributed by atoms with Crippen LogP contribution in [-0.4, -0.2) is 33.9 Å². The minimum Gasteiger partial charge on any atom is -0.478 e. The van der Waals surface area contributed by atoms with Crippen molar-refractivity contribution in [3.05, 3.63) is 35.4 Å². The molecule has 82 valence electrons. The molecule has 5 nitrogen and oxygen atoms in total. The number of benzene rings is 1. The highest BCUT2D eigenvalue weighted by Crippen LogP contribution is 2.17. The number of aliphatic hydroxyl groups is 2. The first-order valence-electron chi connectivity index (χ1n) is 4.45. The monoisotopic (exact) mass is 211 g/mol. The summed E-state index contributed by atoms with van der Waals surface area (Å²) in [6, 6.07) is 5.76. The molecule has 0 saturated carbocycles. The summed E-state index contributed by atoms with van der Waals surface area (Å²) in [7, 11) is 0. The van der Waals surface area contributed by atoms with E-state index in [-0.39, 0.29) is 12.1 Å². The maximum Gasteiger partial charge on any atom is 0.335 e. The van der Waals surface area contributed by atoms with E-state index in [0.29, 0.717) is 5.56 Å². The van der Waals surface area contributed by atoms with E-state index in [2.05, 4.69) is 0 Å². The van der Waals surface area contributed by atoms with Gasteiger partial charge in [-0.15, -0.1) is 0 Å². The van der Waals surface area contributed by atoms with E-state index >= 15 is 0 Å². The summed E-state index contributed by atoms with van der Waals surface area (Å²) in [5.41, 5.74) is 5.59. The van der Waals surface area contributed by atoms with Gasteiger partial charge in [-0.2, -0.15) is 0 Å². The van der Waals surface area contributed by atoms with Crippen LogP contribution in [0.4, 0.5) is 0 Å². The number of carboxylic acid groups (broad SMARTS) is 1. The first-order valence-corrected chi connectivity index (χ1v) is 4.45. The van der Waals surface area contributed by atoms with Crippen LogP contribution in [-0.2, 0) is 0 Å². The average Bonchev–Trinajstić information content (AvgIpc) is 2.27. The first-order chi connectivity index (χ1) is 7.06. The molecule has 0 aliphatic carbocycles. The number of rotatable bonds is 4. The van der Waals surface area contributed by atoms with Gasteiger partial charge in [-0.1, -0.05) is 12.1 Å². The number of hydrogen-bond acceptors (Lipinski definition) is 4. The van der Waals surface area contributed by atoms with Crippen molar-refractivity contribution in [1.29, 1.82) is 0 Å². The molecule has 5 heteroatoms. The lowest BCUT2D eigenvalue weighted by atomic mass is 10.0. The molecule has 0 bridgehead atoms. The lowest BCUT2D eigenvalue weighted by Crippen LogP contribution is -2.27. The molecule has 0 amide bonds. The van der Waals surface area contributed by atoms with Gasteiger partial charge >= 0.3 is 5.97 Å². The molecule has 1 aromatic carbocycles. The molecule has 0 aromatic heterocycles. The Kier molecular flexibility index (Phi) is 3.79. The van der Waals surface area contributed by atoms with E-state index in [9.17, 15) is 15.0 Å². The highest BCUT2D eigenvalue weighted by Gasteiger charge is 2.17. The Morgan fingerprint density at radius 2 is 2.07 bits per heavy atom. The van der Waals surface area contributed by atoms with Crippen molar-refractivity contribution in [2.24, 2.45) is 5.73 Å². The highest BCUT2D eigenvalue weighted by molar-refractivity contribution is 5.87. The second-order valence-electron chi connectivity index (χ2n) is 3.18. The average molecular weight is 211 g/mol. The van der Waals surface area contributed by atoms with Crippen LogP contribution in [0, 0.1) is 0 Å². The van der Waals surface area contributed by atoms with Crippen molar-refractivity contribution < 1.29 is 20.1 Å². The molecular weight excluding hydrogens is 198 g/mol. The maximum absolute atomic E-state index is 10.6. The molecule has 2 atom stereocenters. The van der Waals surface area contributed by atoms with Crippen LogP contribution in [0.15, 0.2) is 24.3 Å². The van der Waals surface area contributed by atoms with Gasteiger partial charge in [0.25, 0.3) is 0 Å². The molecule has 0 radical (unpaired) electrons. The van der Waals surface area contributed by atoms with E-state index in [1.807, 2.05) is 0 Å². The lowest BCUT2D eigenvalue weighted by molar-refractivity contribution is 0.0242. The van der Waals surface area contributed by atoms with Gasteiger partial charge in [-0.3, -0.25) is 0 Å². The largest absolute Gasteiger partial charge is 0.478 e. The Labute approximate surface area is 86.8 Å². The van der Waals surface area contributed by atoms with E-state index in [1.165, 1.54) is 24.3 Å². The van der Waals surface area contributed by atoms with Crippen molar-refractivity contribution >= 4 is 5.97 Å². The van der Waals surface area contributed by atoms with Crippen molar-refractivity contribution in [3.63, 3.8) is 0 Å². The van der Waals surface area contributed by atoms with Crippen molar-refractivity contribution in [3.8, 4) is 0 Å². The maximum atomic E-state index is 10.6. The van der Waals surface area contributed by atoms with Crippen LogP contribution in [0.25, 0.3) is 0 Å². The van der Waals surface area contributed by atoms with E-state index in [1.54, 1.807) is 0 Å². The molecule has 0 aliphatic heterocycles. The molecular formula is C10H13NO4. The second kappa shape index (κ2) is 4.88. The lowest BCUT2D eigenvalue weighted by Gasteiger charge is -2.16. The zero-order valence-electron chi connectivity index (χ0n) is 8.00. The predicted molar refractivity (Wildman–Crippen MR) is 53.4 cm³/mol. The van der Waals surface area contributed by atoms with Crippen molar-refractivity contribution in [2.45, 2.75) is 12.2 Å². The molecule has 0 fully saturated rings. The summed E-state index contributed by atoms with van der Waals surface area (Å²) >= 11 is 0. The molecule has 1 rings (SSSR count). The number of carbonyl (C=O) groups is 1. The van der Waals surface area contributed by atoms with Gasteiger partial charge in [-0.05, 0) is 17.7 Å². The molecule has 15 heavy (non-hydrogen) atoms. The summed E-state index contributed by atoms with van der Waals surface area (Å²) in [6.45, 7) is -0.0849. The van der Waals surface area contributed by atoms with Crippen LogP contribution in [0.5, 0.6) is 0 Å². The fourth-order valence-corrected chi connectivity index (χ4v) is 1.21. The number of hydrogen-bond donors (Lipinski definition) is 4. The minimum absolute atomic E-state index is 0.0655. The van der Waals surface area contributed by atoms with Crippen LogP contribution >= 0.6 is 0 Å². The fraction of sp³-hybridized carbons (Fsp3) is 0.300. The quantitative estimate of drug-likeness (QED) is 0.549. The molecule has 2 unspecified atom stereocenters. The minimum atomic E-state index is -1.16. The summed E-state index contributed by atoms with van der Waals surface area (Å²) in [5.74, 6) is -1.08. The molecule has 1 aromatic rings. The summed E-state index contributed by atoms with van der Waals surface area (Å²) in [5, 5.41) is 27.6. The Morgan fingerprint density at radius 3 is 2.60 bits per heavy atom. The Morgan fingerprint density at radius 1 is 1.40 bits per heavy atom. The van der Waals surface area contributed by atoms with E-state index < -0.39 is 18.2 Å². The second-order valence-corrected chi connectivity index (χ2v) is 3.18. The normalized spacial score (nSPS) is 14.6. The smallest absolute Gasteiger partial charge is 0.335 e. The van der Waals surface area contributed by atoms with E-state index in [0.717, 1.165) is 0 Å². The molecule has 0 heterocycles. The fourth-order valence-electron chi connectivity index (χ4n) is 1.21. The molecule has 0 saturated heterocycles.